The molecule has 0 spiro atoms. The van der Waals surface area contributed by atoms with Crippen molar-refractivity contribution in [1.29, 1.82) is 0 Å². The first kappa shape index (κ1) is 22.3. The van der Waals surface area contributed by atoms with Gasteiger partial charge in [-0.05, 0) is 48.9 Å². The van der Waals surface area contributed by atoms with Crippen LogP contribution in [-0.2, 0) is 14.8 Å². The Balaban J connectivity index is 1.63. The minimum Gasteiger partial charge on any atom is -0.494 e. The highest BCUT2D eigenvalue weighted by atomic mass is 32.2. The fraction of sp³-hybridized carbons (Fsp3) is 0.409. The molecule has 1 amide bonds. The quantitative estimate of drug-likeness (QED) is 0.613. The number of unbranched alkanes of at least 4 members (excludes halogenated alkanes) is 2. The number of sulfonamides is 1. The first-order valence-corrected chi connectivity index (χ1v) is 11.7. The molecule has 30 heavy (non-hydrogen) atoms. The topological polar surface area (TPSA) is 84.9 Å². The van der Waals surface area contributed by atoms with Gasteiger partial charge in [0.2, 0.25) is 10.0 Å². The third-order valence-corrected chi connectivity index (χ3v) is 6.73. The number of rotatable bonds is 9. The van der Waals surface area contributed by atoms with Gasteiger partial charge in [-0.25, -0.2) is 8.42 Å². The third kappa shape index (κ3) is 5.81. The molecule has 0 unspecified atom stereocenters. The van der Waals surface area contributed by atoms with Gasteiger partial charge in [0.1, 0.15) is 5.75 Å². The average Bonchev–Trinajstić information content (AvgIpc) is 2.78. The largest absolute Gasteiger partial charge is 0.494 e. The average molecular weight is 433 g/mol. The zero-order chi connectivity index (χ0) is 21.4. The third-order valence-electron chi connectivity index (χ3n) is 4.83. The molecule has 162 valence electrons. The van der Waals surface area contributed by atoms with Gasteiger partial charge in [-0.15, -0.1) is 0 Å². The molecular formula is C22H28N2O5S. The van der Waals surface area contributed by atoms with Crippen molar-refractivity contribution < 1.29 is 22.7 Å². The van der Waals surface area contributed by atoms with Crippen LogP contribution in [0.2, 0.25) is 0 Å². The van der Waals surface area contributed by atoms with E-state index in [-0.39, 0.29) is 10.8 Å². The number of anilines is 1. The molecule has 1 aliphatic rings. The monoisotopic (exact) mass is 432 g/mol. The lowest BCUT2D eigenvalue weighted by atomic mass is 10.2. The molecule has 7 nitrogen and oxygen atoms in total. The number of carbonyl (C=O) groups is 1. The molecule has 0 bridgehead atoms. The van der Waals surface area contributed by atoms with E-state index in [0.29, 0.717) is 44.2 Å². The van der Waals surface area contributed by atoms with Gasteiger partial charge >= 0.3 is 0 Å². The molecular weight excluding hydrogens is 404 g/mol. The number of hydrogen-bond acceptors (Lipinski definition) is 5. The van der Waals surface area contributed by atoms with Gasteiger partial charge in [-0.1, -0.05) is 25.8 Å². The number of nitrogens with zero attached hydrogens (tertiary/aromatic N) is 1. The molecule has 0 aromatic heterocycles. The Kier molecular flexibility index (Phi) is 7.84. The number of amides is 1. The predicted octanol–water partition coefficient (Wildman–Crippen LogP) is 3.53. The van der Waals surface area contributed by atoms with Crippen LogP contribution in [0.4, 0.5) is 5.69 Å². The summed E-state index contributed by atoms with van der Waals surface area (Å²) >= 11 is 0. The van der Waals surface area contributed by atoms with Gasteiger partial charge in [0.15, 0.2) is 0 Å². The normalized spacial score (nSPS) is 15.0. The molecule has 0 atom stereocenters. The molecule has 3 rings (SSSR count). The minimum absolute atomic E-state index is 0.151. The summed E-state index contributed by atoms with van der Waals surface area (Å²) in [5, 5.41) is 2.77. The number of benzene rings is 2. The maximum atomic E-state index is 12.8. The van der Waals surface area contributed by atoms with Crippen LogP contribution in [0.15, 0.2) is 53.4 Å². The molecule has 0 aliphatic carbocycles. The van der Waals surface area contributed by atoms with Crippen molar-refractivity contribution in [2.24, 2.45) is 0 Å². The molecule has 1 N–H and O–H groups in total. The number of nitrogens with one attached hydrogen (secondary N) is 1. The molecule has 0 radical (unpaired) electrons. The van der Waals surface area contributed by atoms with Crippen molar-refractivity contribution >= 4 is 21.6 Å². The van der Waals surface area contributed by atoms with Crippen LogP contribution in [0, 0.1) is 0 Å². The van der Waals surface area contributed by atoms with E-state index in [9.17, 15) is 13.2 Å². The Labute approximate surface area is 178 Å². The smallest absolute Gasteiger partial charge is 0.255 e. The summed E-state index contributed by atoms with van der Waals surface area (Å²) in [6.07, 6.45) is 3.26. The van der Waals surface area contributed by atoms with Crippen LogP contribution >= 0.6 is 0 Å². The highest BCUT2D eigenvalue weighted by Gasteiger charge is 2.26. The highest BCUT2D eigenvalue weighted by molar-refractivity contribution is 7.89. The number of ether oxygens (including phenoxy) is 2. The zero-order valence-corrected chi connectivity index (χ0v) is 18.0. The first-order valence-electron chi connectivity index (χ1n) is 10.2. The van der Waals surface area contributed by atoms with E-state index in [1.54, 1.807) is 36.4 Å². The molecule has 1 fully saturated rings. The summed E-state index contributed by atoms with van der Waals surface area (Å²) in [7, 11) is -3.62. The maximum Gasteiger partial charge on any atom is 0.255 e. The zero-order valence-electron chi connectivity index (χ0n) is 17.2. The Morgan fingerprint density at radius 3 is 2.53 bits per heavy atom. The van der Waals surface area contributed by atoms with Gasteiger partial charge in [0, 0.05) is 24.3 Å². The van der Waals surface area contributed by atoms with E-state index in [1.165, 1.54) is 16.4 Å². The fourth-order valence-electron chi connectivity index (χ4n) is 3.12. The van der Waals surface area contributed by atoms with Crippen LogP contribution < -0.4 is 10.1 Å². The second-order valence-corrected chi connectivity index (χ2v) is 9.02. The summed E-state index contributed by atoms with van der Waals surface area (Å²) in [6, 6.07) is 13.2. The van der Waals surface area contributed by atoms with Gasteiger partial charge < -0.3 is 14.8 Å². The Morgan fingerprint density at radius 1 is 1.10 bits per heavy atom. The van der Waals surface area contributed by atoms with E-state index >= 15 is 0 Å². The molecule has 1 aliphatic heterocycles. The molecule has 1 heterocycles. The molecule has 1 saturated heterocycles. The molecule has 2 aromatic rings. The summed E-state index contributed by atoms with van der Waals surface area (Å²) in [6.45, 7) is 4.21. The second kappa shape index (κ2) is 10.6. The maximum absolute atomic E-state index is 12.8. The van der Waals surface area contributed by atoms with E-state index in [4.69, 9.17) is 9.47 Å². The van der Waals surface area contributed by atoms with Gasteiger partial charge in [-0.3, -0.25) is 4.79 Å². The number of hydrogen-bond donors (Lipinski definition) is 1. The van der Waals surface area contributed by atoms with Gasteiger partial charge in [-0.2, -0.15) is 4.31 Å². The van der Waals surface area contributed by atoms with Crippen LogP contribution in [0.1, 0.15) is 36.5 Å². The van der Waals surface area contributed by atoms with E-state index in [0.717, 1.165) is 25.0 Å². The van der Waals surface area contributed by atoms with Gasteiger partial charge in [0.25, 0.3) is 5.91 Å². The van der Waals surface area contributed by atoms with Crippen molar-refractivity contribution in [2.45, 2.75) is 31.1 Å². The fourth-order valence-corrected chi connectivity index (χ4v) is 4.57. The van der Waals surface area contributed by atoms with Crippen LogP contribution in [0.3, 0.4) is 0 Å². The summed E-state index contributed by atoms with van der Waals surface area (Å²) in [5.74, 6) is 0.412. The summed E-state index contributed by atoms with van der Waals surface area (Å²) in [4.78, 5) is 12.7. The number of morpholine rings is 1. The van der Waals surface area contributed by atoms with Crippen molar-refractivity contribution in [1.82, 2.24) is 4.31 Å². The molecule has 2 aromatic carbocycles. The number of carbonyl (C=O) groups excluding carboxylic acids is 1. The Bertz CT molecular complexity index is 938. The van der Waals surface area contributed by atoms with Gasteiger partial charge in [0.05, 0.1) is 24.7 Å². The molecule has 8 heteroatoms. The van der Waals surface area contributed by atoms with Crippen LogP contribution in [0.5, 0.6) is 5.75 Å². The minimum atomic E-state index is -3.62. The summed E-state index contributed by atoms with van der Waals surface area (Å²) < 4.78 is 37.9. The first-order chi connectivity index (χ1) is 14.5. The van der Waals surface area contributed by atoms with Crippen molar-refractivity contribution in [3.63, 3.8) is 0 Å². The lowest BCUT2D eigenvalue weighted by molar-refractivity contribution is 0.0730. The van der Waals surface area contributed by atoms with Crippen molar-refractivity contribution in [3.05, 3.63) is 54.1 Å². The Morgan fingerprint density at radius 2 is 1.83 bits per heavy atom. The second-order valence-electron chi connectivity index (χ2n) is 7.08. The lowest BCUT2D eigenvalue weighted by Crippen LogP contribution is -2.40. The van der Waals surface area contributed by atoms with Crippen LogP contribution in [-0.4, -0.2) is 51.5 Å². The molecule has 0 saturated carbocycles. The van der Waals surface area contributed by atoms with E-state index in [1.807, 2.05) is 0 Å². The van der Waals surface area contributed by atoms with Crippen LogP contribution in [0.25, 0.3) is 0 Å². The SMILES string of the molecule is CCCCCOc1ccc(C(=O)Nc2cccc(S(=O)(=O)N3CCOCC3)c2)cc1. The van der Waals surface area contributed by atoms with E-state index in [2.05, 4.69) is 12.2 Å². The Hall–Kier alpha value is -2.42. The standard InChI is InChI=1S/C22H28N2O5S/c1-2-3-4-14-29-20-10-8-18(9-11-20)22(25)23-19-6-5-7-21(17-19)30(26,27)24-12-15-28-16-13-24/h5-11,17H,2-4,12-16H2,1H3,(H,23,25). The van der Waals surface area contributed by atoms with Crippen molar-refractivity contribution in [3.8, 4) is 5.75 Å². The van der Waals surface area contributed by atoms with E-state index < -0.39 is 10.0 Å². The lowest BCUT2D eigenvalue weighted by Gasteiger charge is -2.26. The predicted molar refractivity (Wildman–Crippen MR) is 115 cm³/mol. The summed E-state index contributed by atoms with van der Waals surface area (Å²) in [5.41, 5.74) is 0.895. The van der Waals surface area contributed by atoms with Crippen molar-refractivity contribution in [2.75, 3.05) is 38.2 Å². The highest BCUT2D eigenvalue weighted by Crippen LogP contribution is 2.21.